The van der Waals surface area contributed by atoms with Crippen LogP contribution >= 0.6 is 11.6 Å². The Kier molecular flexibility index (Phi) is 8.38. The van der Waals surface area contributed by atoms with Gasteiger partial charge < -0.3 is 10.0 Å². The van der Waals surface area contributed by atoms with Crippen molar-refractivity contribution in [2.45, 2.75) is 85.5 Å². The maximum atomic E-state index is 13.0. The molecule has 4 nitrogen and oxygen atoms in total. The molecule has 172 valence electrons. The van der Waals surface area contributed by atoms with Crippen LogP contribution in [0.1, 0.15) is 84.8 Å². The van der Waals surface area contributed by atoms with E-state index in [4.69, 9.17) is 16.7 Å². The number of carbonyl (C=O) groups is 2. The second kappa shape index (κ2) is 10.2. The second-order valence-corrected chi connectivity index (χ2v) is 11.0. The van der Waals surface area contributed by atoms with Gasteiger partial charge in [0.1, 0.15) is 0 Å². The molecule has 0 spiro atoms. The SMILES string of the molecule is CC(C)C1=CN(CCCCC(=O)O)C(=O)C[C@@]1(C)c1ccc(CCC(C)(C)C)c(Cl)c1. The zero-order chi connectivity index (χ0) is 23.4. The number of carboxylic acid groups (broad SMARTS) is 1. The van der Waals surface area contributed by atoms with Gasteiger partial charge in [-0.05, 0) is 59.8 Å². The first kappa shape index (κ1) is 25.5. The first-order valence-electron chi connectivity index (χ1n) is 11.4. The number of carboxylic acids is 1. The molecule has 0 unspecified atom stereocenters. The third kappa shape index (κ3) is 6.83. The Morgan fingerprint density at radius 3 is 2.48 bits per heavy atom. The number of rotatable bonds is 9. The van der Waals surface area contributed by atoms with Crippen LogP contribution in [0.2, 0.25) is 5.02 Å². The van der Waals surface area contributed by atoms with E-state index in [-0.39, 0.29) is 23.7 Å². The van der Waals surface area contributed by atoms with Gasteiger partial charge in [0.25, 0.3) is 0 Å². The summed E-state index contributed by atoms with van der Waals surface area (Å²) in [6.45, 7) is 13.7. The van der Waals surface area contributed by atoms with Gasteiger partial charge in [-0.3, -0.25) is 9.59 Å². The molecule has 0 aliphatic carbocycles. The lowest BCUT2D eigenvalue weighted by atomic mass is 9.68. The Morgan fingerprint density at radius 2 is 1.94 bits per heavy atom. The minimum atomic E-state index is -0.793. The highest BCUT2D eigenvalue weighted by atomic mass is 35.5. The third-order valence-corrected chi connectivity index (χ3v) is 6.61. The summed E-state index contributed by atoms with van der Waals surface area (Å²) in [4.78, 5) is 25.5. The molecule has 0 radical (unpaired) electrons. The highest BCUT2D eigenvalue weighted by Gasteiger charge is 2.40. The fourth-order valence-electron chi connectivity index (χ4n) is 4.29. The molecular formula is C26H38ClNO3. The molecule has 0 aromatic heterocycles. The Morgan fingerprint density at radius 1 is 1.26 bits per heavy atom. The van der Waals surface area contributed by atoms with Crippen LogP contribution in [0.5, 0.6) is 0 Å². The molecular weight excluding hydrogens is 410 g/mol. The van der Waals surface area contributed by atoms with Crippen LogP contribution in [-0.4, -0.2) is 28.4 Å². The maximum absolute atomic E-state index is 13.0. The van der Waals surface area contributed by atoms with E-state index in [2.05, 4.69) is 53.7 Å². The molecule has 1 aliphatic rings. The monoisotopic (exact) mass is 447 g/mol. The topological polar surface area (TPSA) is 57.6 Å². The Bertz CT molecular complexity index is 838. The summed E-state index contributed by atoms with van der Waals surface area (Å²) in [5.41, 5.74) is 3.31. The van der Waals surface area contributed by atoms with Crippen LogP contribution in [0.4, 0.5) is 0 Å². The molecule has 0 bridgehead atoms. The molecule has 0 saturated carbocycles. The van der Waals surface area contributed by atoms with Crippen LogP contribution in [0.3, 0.4) is 0 Å². The number of unbranched alkanes of at least 4 members (excludes halogenated alkanes) is 1. The van der Waals surface area contributed by atoms with Gasteiger partial charge in [-0.15, -0.1) is 0 Å². The van der Waals surface area contributed by atoms with Crippen molar-refractivity contribution in [1.82, 2.24) is 4.90 Å². The van der Waals surface area contributed by atoms with Crippen LogP contribution in [-0.2, 0) is 21.4 Å². The van der Waals surface area contributed by atoms with Gasteiger partial charge in [0.15, 0.2) is 0 Å². The summed E-state index contributed by atoms with van der Waals surface area (Å²) in [6.07, 6.45) is 5.80. The highest BCUT2D eigenvalue weighted by molar-refractivity contribution is 6.31. The van der Waals surface area contributed by atoms with Gasteiger partial charge in [-0.25, -0.2) is 0 Å². The van der Waals surface area contributed by atoms with E-state index in [0.29, 0.717) is 25.8 Å². The van der Waals surface area contributed by atoms with Gasteiger partial charge in [-0.1, -0.05) is 65.3 Å². The fraction of sp³-hybridized carbons (Fsp3) is 0.615. The quantitative estimate of drug-likeness (QED) is 0.433. The molecule has 1 aromatic carbocycles. The van der Waals surface area contributed by atoms with Crippen LogP contribution in [0.25, 0.3) is 0 Å². The number of aryl methyl sites for hydroxylation is 1. The number of benzene rings is 1. The molecule has 5 heteroatoms. The van der Waals surface area contributed by atoms with Gasteiger partial charge in [0.05, 0.1) is 0 Å². The largest absolute Gasteiger partial charge is 0.481 e. The normalized spacial score (nSPS) is 19.7. The van der Waals surface area contributed by atoms with Crippen LogP contribution in [0, 0.1) is 11.3 Å². The lowest BCUT2D eigenvalue weighted by molar-refractivity contribution is -0.137. The molecule has 1 heterocycles. The van der Waals surface area contributed by atoms with Crippen molar-refractivity contribution in [1.29, 1.82) is 0 Å². The molecule has 1 N–H and O–H groups in total. The molecule has 1 amide bonds. The van der Waals surface area contributed by atoms with E-state index < -0.39 is 11.4 Å². The van der Waals surface area contributed by atoms with E-state index in [0.717, 1.165) is 29.0 Å². The van der Waals surface area contributed by atoms with E-state index in [1.807, 2.05) is 12.3 Å². The van der Waals surface area contributed by atoms with Crippen molar-refractivity contribution in [2.75, 3.05) is 6.54 Å². The van der Waals surface area contributed by atoms with Crippen LogP contribution < -0.4 is 0 Å². The summed E-state index contributed by atoms with van der Waals surface area (Å²) < 4.78 is 0. The van der Waals surface area contributed by atoms with Gasteiger partial charge in [0.2, 0.25) is 5.91 Å². The number of hydrogen-bond acceptors (Lipinski definition) is 2. The first-order valence-corrected chi connectivity index (χ1v) is 11.7. The predicted molar refractivity (Wildman–Crippen MR) is 127 cm³/mol. The number of hydrogen-bond donors (Lipinski definition) is 1. The minimum absolute atomic E-state index is 0.0788. The van der Waals surface area contributed by atoms with E-state index in [1.54, 1.807) is 4.90 Å². The zero-order valence-electron chi connectivity index (χ0n) is 19.9. The van der Waals surface area contributed by atoms with Crippen molar-refractivity contribution in [3.8, 4) is 0 Å². The highest BCUT2D eigenvalue weighted by Crippen LogP contribution is 2.43. The Hall–Kier alpha value is -1.81. The standard InChI is InChI=1S/C26H38ClNO3/c1-18(2)21-17-28(14-8-7-9-24(30)31)23(29)16-26(21,6)20-11-10-19(22(27)15-20)12-13-25(3,4)5/h10-11,15,17-18H,7-9,12-14,16H2,1-6H3,(H,30,31)/t26-/m0/s1. The predicted octanol–water partition coefficient (Wildman–Crippen LogP) is 6.60. The lowest BCUT2D eigenvalue weighted by Gasteiger charge is -2.41. The van der Waals surface area contributed by atoms with E-state index in [1.165, 1.54) is 5.57 Å². The molecule has 0 fully saturated rings. The van der Waals surface area contributed by atoms with Gasteiger partial charge in [0, 0.05) is 36.0 Å². The maximum Gasteiger partial charge on any atom is 0.303 e. The fourth-order valence-corrected chi connectivity index (χ4v) is 4.57. The number of aliphatic carboxylic acids is 1. The van der Waals surface area contributed by atoms with Crippen molar-refractivity contribution in [3.05, 3.63) is 46.1 Å². The molecule has 0 saturated heterocycles. The van der Waals surface area contributed by atoms with Crippen LogP contribution in [0.15, 0.2) is 30.0 Å². The molecule has 2 rings (SSSR count). The average molecular weight is 448 g/mol. The molecule has 1 aliphatic heterocycles. The molecule has 31 heavy (non-hydrogen) atoms. The van der Waals surface area contributed by atoms with Crippen molar-refractivity contribution in [3.63, 3.8) is 0 Å². The number of nitrogens with zero attached hydrogens (tertiary/aromatic N) is 1. The second-order valence-electron chi connectivity index (χ2n) is 10.6. The number of allylic oxidation sites excluding steroid dienone is 1. The number of halogens is 1. The summed E-state index contributed by atoms with van der Waals surface area (Å²) in [5.74, 6) is -0.437. The molecule has 1 aromatic rings. The lowest BCUT2D eigenvalue weighted by Crippen LogP contribution is -2.42. The number of amides is 1. The smallest absolute Gasteiger partial charge is 0.303 e. The summed E-state index contributed by atoms with van der Waals surface area (Å²) in [7, 11) is 0. The summed E-state index contributed by atoms with van der Waals surface area (Å²) in [6, 6.07) is 6.30. The van der Waals surface area contributed by atoms with Crippen molar-refractivity contribution in [2.24, 2.45) is 11.3 Å². The third-order valence-electron chi connectivity index (χ3n) is 6.25. The average Bonchev–Trinajstić information content (AvgIpc) is 2.64. The van der Waals surface area contributed by atoms with Crippen molar-refractivity contribution < 1.29 is 14.7 Å². The Balaban J connectivity index is 2.26. The zero-order valence-corrected chi connectivity index (χ0v) is 20.7. The molecule has 1 atom stereocenters. The first-order chi connectivity index (χ1) is 14.3. The van der Waals surface area contributed by atoms with Gasteiger partial charge in [-0.2, -0.15) is 0 Å². The van der Waals surface area contributed by atoms with Gasteiger partial charge >= 0.3 is 5.97 Å². The summed E-state index contributed by atoms with van der Waals surface area (Å²) in [5, 5.41) is 9.60. The Labute approximate surface area is 192 Å². The van der Waals surface area contributed by atoms with E-state index in [9.17, 15) is 9.59 Å². The number of carbonyl (C=O) groups excluding carboxylic acids is 1. The summed E-state index contributed by atoms with van der Waals surface area (Å²) >= 11 is 6.68. The minimum Gasteiger partial charge on any atom is -0.481 e. The van der Waals surface area contributed by atoms with E-state index >= 15 is 0 Å². The van der Waals surface area contributed by atoms with Crippen molar-refractivity contribution >= 4 is 23.5 Å².